The number of piperazine rings is 1. The summed E-state index contributed by atoms with van der Waals surface area (Å²) >= 11 is 0. The second-order valence-electron chi connectivity index (χ2n) is 7.90. The van der Waals surface area contributed by atoms with E-state index >= 15 is 0 Å². The minimum atomic E-state index is -0.457. The lowest BCUT2D eigenvalue weighted by molar-refractivity contribution is 0.0472. The fraction of sp³-hybridized carbons (Fsp3) is 0.944. The number of likely N-dealkylation sites (tertiary alicyclic amines) is 1. The Morgan fingerprint density at radius 1 is 1.12 bits per heavy atom. The van der Waals surface area contributed by atoms with Crippen molar-refractivity contribution in [2.45, 2.75) is 45.3 Å². The van der Waals surface area contributed by atoms with Crippen molar-refractivity contribution in [3.8, 4) is 0 Å². The van der Waals surface area contributed by atoms with Crippen LogP contribution >= 0.6 is 0 Å². The molecule has 7 nitrogen and oxygen atoms in total. The number of ether oxygens (including phenoxy) is 2. The van der Waals surface area contributed by atoms with E-state index < -0.39 is 5.60 Å². The molecule has 2 rings (SSSR count). The average Bonchev–Trinajstić information content (AvgIpc) is 2.58. The number of hydrogen-bond acceptors (Lipinski definition) is 6. The van der Waals surface area contributed by atoms with Crippen LogP contribution in [0.15, 0.2) is 0 Å². The lowest BCUT2D eigenvalue weighted by Crippen LogP contribution is -2.52. The number of piperidine rings is 1. The predicted molar refractivity (Wildman–Crippen MR) is 99.0 cm³/mol. The van der Waals surface area contributed by atoms with Crippen LogP contribution in [0.1, 0.15) is 33.6 Å². The van der Waals surface area contributed by atoms with Crippen molar-refractivity contribution >= 4 is 6.09 Å². The van der Waals surface area contributed by atoms with E-state index in [4.69, 9.17) is 9.47 Å². The molecule has 0 aromatic rings. The first-order valence-electron chi connectivity index (χ1n) is 9.66. The molecule has 1 amide bonds. The molecule has 0 radical (unpaired) electrons. The Hall–Kier alpha value is -0.890. The maximum atomic E-state index is 11.5. The van der Waals surface area contributed by atoms with Crippen LogP contribution in [0.4, 0.5) is 4.79 Å². The normalized spacial score (nSPS) is 21.2. The summed E-state index contributed by atoms with van der Waals surface area (Å²) < 4.78 is 10.8. The minimum absolute atomic E-state index is 0.383. The summed E-state index contributed by atoms with van der Waals surface area (Å²) in [5, 5.41) is 6.13. The van der Waals surface area contributed by atoms with Gasteiger partial charge in [-0.05, 0) is 46.7 Å². The van der Waals surface area contributed by atoms with Crippen molar-refractivity contribution in [1.29, 1.82) is 0 Å². The molecule has 2 heterocycles. The Bertz CT molecular complexity index is 386. The summed E-state index contributed by atoms with van der Waals surface area (Å²) in [5.74, 6) is 0. The van der Waals surface area contributed by atoms with Crippen LogP contribution in [0.3, 0.4) is 0 Å². The Labute approximate surface area is 152 Å². The number of nitrogens with one attached hydrogen (secondary N) is 2. The molecule has 25 heavy (non-hydrogen) atoms. The van der Waals surface area contributed by atoms with Crippen LogP contribution in [0, 0.1) is 0 Å². The topological polar surface area (TPSA) is 66.1 Å². The van der Waals surface area contributed by atoms with E-state index in [-0.39, 0.29) is 6.09 Å². The van der Waals surface area contributed by atoms with Crippen LogP contribution in [-0.4, -0.2) is 93.1 Å². The number of carbonyl (C=O) groups excluding carboxylic acids is 1. The summed E-state index contributed by atoms with van der Waals surface area (Å²) in [6.45, 7) is 15.2. The van der Waals surface area contributed by atoms with Gasteiger partial charge in [0.15, 0.2) is 0 Å². The molecule has 2 aliphatic rings. The van der Waals surface area contributed by atoms with Gasteiger partial charge in [0, 0.05) is 45.3 Å². The summed E-state index contributed by atoms with van der Waals surface area (Å²) in [4.78, 5) is 16.6. The highest BCUT2D eigenvalue weighted by Gasteiger charge is 2.25. The van der Waals surface area contributed by atoms with Crippen molar-refractivity contribution in [3.63, 3.8) is 0 Å². The van der Waals surface area contributed by atoms with Gasteiger partial charge in [-0.1, -0.05) is 0 Å². The van der Waals surface area contributed by atoms with Gasteiger partial charge in [-0.15, -0.1) is 0 Å². The van der Waals surface area contributed by atoms with E-state index in [1.54, 1.807) is 0 Å². The van der Waals surface area contributed by atoms with E-state index in [1.807, 2.05) is 20.8 Å². The molecule has 0 unspecified atom stereocenters. The van der Waals surface area contributed by atoms with Gasteiger partial charge in [-0.3, -0.25) is 4.90 Å². The van der Waals surface area contributed by atoms with Crippen molar-refractivity contribution in [3.05, 3.63) is 0 Å². The molecule has 0 bridgehead atoms. The summed E-state index contributed by atoms with van der Waals surface area (Å²) in [6.07, 6.45) is 2.14. The first-order valence-corrected chi connectivity index (χ1v) is 9.66. The second-order valence-corrected chi connectivity index (χ2v) is 7.90. The average molecular weight is 357 g/mol. The van der Waals surface area contributed by atoms with Gasteiger partial charge >= 0.3 is 6.09 Å². The van der Waals surface area contributed by atoms with Crippen LogP contribution < -0.4 is 10.6 Å². The van der Waals surface area contributed by atoms with Gasteiger partial charge in [-0.25, -0.2) is 4.79 Å². The Morgan fingerprint density at radius 3 is 2.44 bits per heavy atom. The van der Waals surface area contributed by atoms with Gasteiger partial charge < -0.3 is 25.0 Å². The minimum Gasteiger partial charge on any atom is -0.444 e. The SMILES string of the molecule is CC(C)(C)OC(=O)NCCOCCN1CCC(N2CCNCC2)CC1. The highest BCUT2D eigenvalue weighted by molar-refractivity contribution is 5.67. The molecule has 0 spiro atoms. The van der Waals surface area contributed by atoms with Crippen molar-refractivity contribution < 1.29 is 14.3 Å². The number of rotatable bonds is 7. The molecule has 0 aromatic carbocycles. The first-order chi connectivity index (χ1) is 11.9. The number of carbonyl (C=O) groups is 1. The maximum absolute atomic E-state index is 11.5. The Kier molecular flexibility index (Phi) is 8.42. The van der Waals surface area contributed by atoms with Crippen LogP contribution in [0.25, 0.3) is 0 Å². The second kappa shape index (κ2) is 10.3. The Balaban J connectivity index is 1.46. The maximum Gasteiger partial charge on any atom is 0.407 e. The molecule has 2 aliphatic heterocycles. The molecule has 0 aliphatic carbocycles. The molecule has 0 atom stereocenters. The predicted octanol–water partition coefficient (Wildman–Crippen LogP) is 0.897. The molecule has 2 saturated heterocycles. The smallest absolute Gasteiger partial charge is 0.407 e. The van der Waals surface area contributed by atoms with Crippen LogP contribution in [-0.2, 0) is 9.47 Å². The zero-order valence-electron chi connectivity index (χ0n) is 16.2. The third-order valence-corrected chi connectivity index (χ3v) is 4.69. The standard InChI is InChI=1S/C18H36N4O3/c1-18(2,3)25-17(23)20-8-14-24-15-13-21-9-4-16(5-10-21)22-11-6-19-7-12-22/h16,19H,4-15H2,1-3H3,(H,20,23). The third kappa shape index (κ3) is 8.35. The summed E-state index contributed by atoms with van der Waals surface area (Å²) in [5.41, 5.74) is -0.457. The molecule has 146 valence electrons. The van der Waals surface area contributed by atoms with Gasteiger partial charge in [0.05, 0.1) is 13.2 Å². The molecule has 2 fully saturated rings. The zero-order valence-corrected chi connectivity index (χ0v) is 16.2. The monoisotopic (exact) mass is 356 g/mol. The van der Waals surface area contributed by atoms with Crippen molar-refractivity contribution in [2.75, 3.05) is 65.6 Å². The third-order valence-electron chi connectivity index (χ3n) is 4.69. The molecule has 7 heteroatoms. The summed E-state index contributed by atoms with van der Waals surface area (Å²) in [7, 11) is 0. The molecular weight excluding hydrogens is 320 g/mol. The number of nitrogens with zero attached hydrogens (tertiary/aromatic N) is 2. The van der Waals surface area contributed by atoms with Crippen molar-refractivity contribution in [2.24, 2.45) is 0 Å². The zero-order chi connectivity index (χ0) is 18.1. The van der Waals surface area contributed by atoms with Gasteiger partial charge in [0.1, 0.15) is 5.60 Å². The highest BCUT2D eigenvalue weighted by Crippen LogP contribution is 2.16. The fourth-order valence-corrected chi connectivity index (χ4v) is 3.39. The van der Waals surface area contributed by atoms with E-state index in [9.17, 15) is 4.79 Å². The van der Waals surface area contributed by atoms with E-state index in [0.717, 1.165) is 38.8 Å². The highest BCUT2D eigenvalue weighted by atomic mass is 16.6. The number of hydrogen-bond donors (Lipinski definition) is 2. The Morgan fingerprint density at radius 2 is 1.80 bits per heavy atom. The van der Waals surface area contributed by atoms with Crippen molar-refractivity contribution in [1.82, 2.24) is 20.4 Å². The fourth-order valence-electron chi connectivity index (χ4n) is 3.39. The van der Waals surface area contributed by atoms with Gasteiger partial charge in [0.2, 0.25) is 0 Å². The number of alkyl carbamates (subject to hydrolysis) is 1. The van der Waals surface area contributed by atoms with E-state index in [2.05, 4.69) is 20.4 Å². The van der Waals surface area contributed by atoms with Crippen LogP contribution in [0.5, 0.6) is 0 Å². The number of amides is 1. The first kappa shape index (κ1) is 20.4. The molecule has 0 saturated carbocycles. The van der Waals surface area contributed by atoms with Crippen LogP contribution in [0.2, 0.25) is 0 Å². The molecular formula is C18H36N4O3. The van der Waals surface area contributed by atoms with Gasteiger partial charge in [0.25, 0.3) is 0 Å². The van der Waals surface area contributed by atoms with Gasteiger partial charge in [-0.2, -0.15) is 0 Å². The molecule has 2 N–H and O–H groups in total. The lowest BCUT2D eigenvalue weighted by Gasteiger charge is -2.40. The quantitative estimate of drug-likeness (QED) is 0.661. The largest absolute Gasteiger partial charge is 0.444 e. The lowest BCUT2D eigenvalue weighted by atomic mass is 10.0. The summed E-state index contributed by atoms with van der Waals surface area (Å²) in [6, 6.07) is 0.761. The van der Waals surface area contributed by atoms with E-state index in [0.29, 0.717) is 19.8 Å². The van der Waals surface area contributed by atoms with E-state index in [1.165, 1.54) is 25.9 Å². The molecule has 0 aromatic heterocycles.